The number of benzene rings is 2. The molecule has 0 fully saturated rings. The maximum absolute atomic E-state index is 10.1. The SMILES string of the molecule is CC1(C)c2ccc([nH]2)C(C)(c2ccc(O)cc2)c2ccc([nH]2)C(C)(C)c2ccc([nH]2)C(C)(c2ccc(O)cc2)c2ccc1[nH]2. The summed E-state index contributed by atoms with van der Waals surface area (Å²) in [4.78, 5) is 15.3. The molecule has 1 aliphatic heterocycles. The Morgan fingerprint density at radius 1 is 0.341 bits per heavy atom. The molecule has 0 saturated heterocycles. The summed E-state index contributed by atoms with van der Waals surface area (Å²) < 4.78 is 0. The van der Waals surface area contributed by atoms with Crippen LogP contribution < -0.4 is 0 Å². The molecular weight excluding hydrogens is 544 g/mol. The van der Waals surface area contributed by atoms with E-state index in [-0.39, 0.29) is 22.3 Å². The molecule has 0 amide bonds. The third kappa shape index (κ3) is 3.93. The van der Waals surface area contributed by atoms with Crippen LogP contribution >= 0.6 is 0 Å². The summed E-state index contributed by atoms with van der Waals surface area (Å²) in [5.41, 5.74) is 8.99. The zero-order chi connectivity index (χ0) is 31.1. The van der Waals surface area contributed by atoms with Gasteiger partial charge in [-0.15, -0.1) is 0 Å². The Labute approximate surface area is 258 Å². The van der Waals surface area contributed by atoms with Crippen LogP contribution in [0.5, 0.6) is 11.5 Å². The van der Waals surface area contributed by atoms with Gasteiger partial charge in [-0.2, -0.15) is 0 Å². The van der Waals surface area contributed by atoms with E-state index in [4.69, 9.17) is 0 Å². The van der Waals surface area contributed by atoms with Crippen molar-refractivity contribution in [2.75, 3.05) is 0 Å². The van der Waals surface area contributed by atoms with Crippen LogP contribution in [0.2, 0.25) is 0 Å². The molecule has 0 atom stereocenters. The first-order valence-corrected chi connectivity index (χ1v) is 15.2. The van der Waals surface area contributed by atoms with E-state index < -0.39 is 10.8 Å². The molecule has 6 N–H and O–H groups in total. The topological polar surface area (TPSA) is 104 Å². The third-order valence-corrected chi connectivity index (χ3v) is 10.5. The molecule has 0 radical (unpaired) electrons. The van der Waals surface area contributed by atoms with E-state index in [1.807, 2.05) is 24.3 Å². The zero-order valence-electron chi connectivity index (χ0n) is 26.1. The Morgan fingerprint density at radius 2 is 0.568 bits per heavy atom. The molecule has 0 unspecified atom stereocenters. The fraction of sp³-hybridized carbons (Fsp3) is 0.263. The fourth-order valence-corrected chi connectivity index (χ4v) is 7.00. The van der Waals surface area contributed by atoms with Crippen LogP contribution in [-0.4, -0.2) is 30.1 Å². The van der Waals surface area contributed by atoms with Crippen molar-refractivity contribution in [3.8, 4) is 11.5 Å². The van der Waals surface area contributed by atoms with Crippen molar-refractivity contribution in [2.24, 2.45) is 0 Å². The van der Waals surface area contributed by atoms with Crippen LogP contribution in [-0.2, 0) is 21.7 Å². The van der Waals surface area contributed by atoms with Crippen molar-refractivity contribution in [1.29, 1.82) is 0 Å². The van der Waals surface area contributed by atoms with Gasteiger partial charge in [-0.25, -0.2) is 0 Å². The predicted octanol–water partition coefficient (Wildman–Crippen LogP) is 8.08. The van der Waals surface area contributed by atoms with Crippen molar-refractivity contribution >= 4 is 0 Å². The van der Waals surface area contributed by atoms with Crippen LogP contribution in [0.15, 0.2) is 97.1 Å². The van der Waals surface area contributed by atoms with Crippen LogP contribution in [0, 0.1) is 0 Å². The van der Waals surface area contributed by atoms with Gasteiger partial charge in [0.05, 0.1) is 10.8 Å². The van der Waals surface area contributed by atoms with Crippen molar-refractivity contribution < 1.29 is 10.2 Å². The van der Waals surface area contributed by atoms with Gasteiger partial charge in [-0.3, -0.25) is 0 Å². The molecule has 224 valence electrons. The lowest BCUT2D eigenvalue weighted by Crippen LogP contribution is -2.29. The summed E-state index contributed by atoms with van der Waals surface area (Å²) in [5, 5.41) is 20.2. The predicted molar refractivity (Wildman–Crippen MR) is 175 cm³/mol. The molecule has 0 saturated carbocycles. The van der Waals surface area contributed by atoms with Gasteiger partial charge >= 0.3 is 0 Å². The number of aromatic nitrogens is 4. The molecule has 7 rings (SSSR count). The molecule has 0 aliphatic carbocycles. The number of aromatic hydroxyl groups is 2. The van der Waals surface area contributed by atoms with E-state index in [2.05, 4.69) is 110 Å². The van der Waals surface area contributed by atoms with Crippen molar-refractivity contribution in [3.05, 3.63) is 154 Å². The first kappa shape index (κ1) is 28.0. The van der Waals surface area contributed by atoms with Gasteiger partial charge in [-0.1, -0.05) is 24.3 Å². The summed E-state index contributed by atoms with van der Waals surface area (Å²) in [7, 11) is 0. The van der Waals surface area contributed by atoms with Gasteiger partial charge in [0.15, 0.2) is 0 Å². The first-order valence-electron chi connectivity index (χ1n) is 15.2. The standard InChI is InChI=1S/C38H40N4O2/c1-35(2)27-15-19-31(39-27)37(5,23-7-11-25(43)12-8-23)33-21-17-29(41-33)36(3,4)30-18-22-34(42-30)38(6,32-20-16-28(35)40-32)24-9-13-26(44)14-10-24/h7-22,39-44H,1-6H3. The first-order chi connectivity index (χ1) is 20.8. The number of rotatable bonds is 2. The maximum atomic E-state index is 10.1. The van der Waals surface area contributed by atoms with Crippen LogP contribution in [0.3, 0.4) is 0 Å². The molecule has 4 aromatic heterocycles. The van der Waals surface area contributed by atoms with E-state index >= 15 is 0 Å². The number of hydrogen-bond donors (Lipinski definition) is 6. The molecular formula is C38H40N4O2. The van der Waals surface area contributed by atoms with Gasteiger partial charge in [0.2, 0.25) is 0 Å². The minimum Gasteiger partial charge on any atom is -0.508 e. The van der Waals surface area contributed by atoms with Crippen LogP contribution in [0.25, 0.3) is 0 Å². The molecule has 6 heteroatoms. The molecule has 6 nitrogen and oxygen atoms in total. The largest absolute Gasteiger partial charge is 0.508 e. The monoisotopic (exact) mass is 584 g/mol. The van der Waals surface area contributed by atoms with E-state index in [1.165, 1.54) is 0 Å². The van der Waals surface area contributed by atoms with Gasteiger partial charge in [-0.05, 0) is 125 Å². The van der Waals surface area contributed by atoms with E-state index in [1.54, 1.807) is 24.3 Å². The highest BCUT2D eigenvalue weighted by Crippen LogP contribution is 2.45. The molecule has 5 heterocycles. The highest BCUT2D eigenvalue weighted by Gasteiger charge is 2.40. The number of phenolic OH excluding ortho intramolecular Hbond substituents is 2. The second-order valence-corrected chi connectivity index (χ2v) is 13.7. The van der Waals surface area contributed by atoms with Gasteiger partial charge < -0.3 is 30.1 Å². The normalized spacial score (nSPS) is 22.1. The average Bonchev–Trinajstić information content (AvgIpc) is 3.82. The van der Waals surface area contributed by atoms with E-state index in [0.29, 0.717) is 0 Å². The van der Waals surface area contributed by atoms with Crippen molar-refractivity contribution in [1.82, 2.24) is 19.9 Å². The lowest BCUT2D eigenvalue weighted by molar-refractivity contribution is 0.474. The van der Waals surface area contributed by atoms with Crippen LogP contribution in [0.4, 0.5) is 0 Å². The molecule has 2 aromatic carbocycles. The number of aromatic amines is 4. The Kier molecular flexibility index (Phi) is 5.93. The molecule has 6 aromatic rings. The number of fused-ring (bicyclic) bond motifs is 8. The maximum Gasteiger partial charge on any atom is 0.115 e. The van der Waals surface area contributed by atoms with Crippen molar-refractivity contribution in [3.63, 3.8) is 0 Å². The van der Waals surface area contributed by atoms with Gasteiger partial charge in [0.25, 0.3) is 0 Å². The Balaban J connectivity index is 1.50. The summed E-state index contributed by atoms with van der Waals surface area (Å²) >= 11 is 0. The highest BCUT2D eigenvalue weighted by molar-refractivity contribution is 5.52. The molecule has 44 heavy (non-hydrogen) atoms. The van der Waals surface area contributed by atoms with Crippen molar-refractivity contribution in [2.45, 2.75) is 63.2 Å². The van der Waals surface area contributed by atoms with Gasteiger partial charge in [0.1, 0.15) is 11.5 Å². The number of phenols is 2. The molecule has 0 spiro atoms. The summed E-state index contributed by atoms with van der Waals surface area (Å²) in [6.07, 6.45) is 0. The summed E-state index contributed by atoms with van der Waals surface area (Å²) in [6, 6.07) is 32.6. The average molecular weight is 585 g/mol. The van der Waals surface area contributed by atoms with Gasteiger partial charge in [0, 0.05) is 56.4 Å². The number of nitrogens with one attached hydrogen (secondary N) is 4. The third-order valence-electron chi connectivity index (χ3n) is 10.5. The lowest BCUT2D eigenvalue weighted by atomic mass is 9.76. The second-order valence-electron chi connectivity index (χ2n) is 13.7. The Morgan fingerprint density at radius 3 is 0.818 bits per heavy atom. The van der Waals surface area contributed by atoms with E-state index in [9.17, 15) is 10.2 Å². The number of hydrogen-bond acceptors (Lipinski definition) is 2. The highest BCUT2D eigenvalue weighted by atomic mass is 16.3. The minimum absolute atomic E-state index is 0.247. The lowest BCUT2D eigenvalue weighted by Gasteiger charge is -2.32. The summed E-state index contributed by atoms with van der Waals surface area (Å²) in [5.74, 6) is 0.494. The fourth-order valence-electron chi connectivity index (χ4n) is 7.00. The quantitative estimate of drug-likeness (QED) is 0.124. The second kappa shape index (κ2) is 9.33. The van der Waals surface area contributed by atoms with E-state index in [0.717, 1.165) is 56.7 Å². The molecule has 8 bridgehead atoms. The van der Waals surface area contributed by atoms with Crippen LogP contribution in [0.1, 0.15) is 98.2 Å². The molecule has 1 aliphatic rings. The minimum atomic E-state index is -0.535. The summed E-state index contributed by atoms with van der Waals surface area (Å²) in [6.45, 7) is 13.4. The number of H-pyrrole nitrogens is 4. The Hall–Kier alpha value is -4.84. The smallest absolute Gasteiger partial charge is 0.115 e. The zero-order valence-corrected chi connectivity index (χ0v) is 26.1. The Bertz CT molecular complexity index is 1730.